The van der Waals surface area contributed by atoms with Gasteiger partial charge in [0.25, 0.3) is 17.4 Å². The predicted molar refractivity (Wildman–Crippen MR) is 123 cm³/mol. The minimum atomic E-state index is -0.869. The second-order valence-electron chi connectivity index (χ2n) is 8.02. The van der Waals surface area contributed by atoms with Crippen molar-refractivity contribution in [2.75, 3.05) is 33.8 Å². The van der Waals surface area contributed by atoms with Crippen LogP contribution in [0.1, 0.15) is 30.5 Å². The van der Waals surface area contributed by atoms with Crippen molar-refractivity contribution < 1.29 is 24.4 Å². The SMILES string of the molecule is CCCOc1cccc(C(O)=C2C(=O)C(=O)N(CCN(C)C)C2c2ccc([N+](=O)[O-])cc2)c1. The Morgan fingerprint density at radius 1 is 1.18 bits per heavy atom. The van der Waals surface area contributed by atoms with E-state index >= 15 is 0 Å². The Balaban J connectivity index is 2.10. The van der Waals surface area contributed by atoms with Crippen LogP contribution in [0, 0.1) is 10.1 Å². The molecular formula is C24H27N3O6. The van der Waals surface area contributed by atoms with Crippen molar-refractivity contribution in [1.82, 2.24) is 9.80 Å². The molecular weight excluding hydrogens is 426 g/mol. The molecule has 1 saturated heterocycles. The van der Waals surface area contributed by atoms with E-state index in [1.165, 1.54) is 29.2 Å². The number of amides is 1. The molecule has 174 valence electrons. The first-order valence-corrected chi connectivity index (χ1v) is 10.6. The molecule has 0 saturated carbocycles. The Hall–Kier alpha value is -3.72. The summed E-state index contributed by atoms with van der Waals surface area (Å²) in [4.78, 5) is 39.8. The Morgan fingerprint density at radius 2 is 1.88 bits per heavy atom. The highest BCUT2D eigenvalue weighted by Crippen LogP contribution is 2.40. The fourth-order valence-corrected chi connectivity index (χ4v) is 3.65. The lowest BCUT2D eigenvalue weighted by molar-refractivity contribution is -0.384. The summed E-state index contributed by atoms with van der Waals surface area (Å²) in [6.45, 7) is 3.22. The summed E-state index contributed by atoms with van der Waals surface area (Å²) in [6, 6.07) is 11.5. The van der Waals surface area contributed by atoms with Gasteiger partial charge < -0.3 is 19.6 Å². The van der Waals surface area contributed by atoms with Crippen LogP contribution in [0.2, 0.25) is 0 Å². The lowest BCUT2D eigenvalue weighted by atomic mass is 9.95. The van der Waals surface area contributed by atoms with Crippen molar-refractivity contribution in [2.24, 2.45) is 0 Å². The molecule has 2 aromatic carbocycles. The minimum Gasteiger partial charge on any atom is -0.507 e. The van der Waals surface area contributed by atoms with Crippen molar-refractivity contribution in [3.05, 3.63) is 75.3 Å². The largest absolute Gasteiger partial charge is 0.507 e. The van der Waals surface area contributed by atoms with Crippen LogP contribution < -0.4 is 4.74 Å². The number of hydrogen-bond donors (Lipinski definition) is 1. The summed E-state index contributed by atoms with van der Waals surface area (Å²) < 4.78 is 5.62. The average Bonchev–Trinajstić information content (AvgIpc) is 3.05. The standard InChI is InChI=1S/C24H27N3O6/c1-4-14-33-19-7-5-6-17(15-19)22(28)20-21(16-8-10-18(11-9-16)27(31)32)26(13-12-25(2)3)24(30)23(20)29/h5-11,15,21,28H,4,12-14H2,1-3H3. The van der Waals surface area contributed by atoms with E-state index in [0.717, 1.165) is 6.42 Å². The molecule has 1 heterocycles. The molecule has 3 rings (SSSR count). The van der Waals surface area contributed by atoms with Gasteiger partial charge in [0.1, 0.15) is 11.5 Å². The second kappa shape index (κ2) is 10.3. The topological polar surface area (TPSA) is 113 Å². The van der Waals surface area contributed by atoms with Gasteiger partial charge in [-0.3, -0.25) is 19.7 Å². The summed E-state index contributed by atoms with van der Waals surface area (Å²) in [5.41, 5.74) is 0.685. The summed E-state index contributed by atoms with van der Waals surface area (Å²) in [5, 5.41) is 22.2. The van der Waals surface area contributed by atoms with E-state index < -0.39 is 22.7 Å². The summed E-state index contributed by atoms with van der Waals surface area (Å²) >= 11 is 0. The van der Waals surface area contributed by atoms with Crippen LogP contribution >= 0.6 is 0 Å². The van der Waals surface area contributed by atoms with E-state index in [1.54, 1.807) is 24.3 Å². The smallest absolute Gasteiger partial charge is 0.295 e. The molecule has 1 atom stereocenters. The third-order valence-electron chi connectivity index (χ3n) is 5.33. The van der Waals surface area contributed by atoms with Gasteiger partial charge in [0.15, 0.2) is 0 Å². The highest BCUT2D eigenvalue weighted by Gasteiger charge is 2.46. The van der Waals surface area contributed by atoms with Crippen LogP contribution in [0.25, 0.3) is 5.76 Å². The number of nitro benzene ring substituents is 1. The van der Waals surface area contributed by atoms with Crippen molar-refractivity contribution in [2.45, 2.75) is 19.4 Å². The fourth-order valence-electron chi connectivity index (χ4n) is 3.65. The maximum atomic E-state index is 13.0. The number of carbonyl (C=O) groups is 2. The maximum Gasteiger partial charge on any atom is 0.295 e. The number of aliphatic hydroxyl groups excluding tert-OH is 1. The molecule has 0 radical (unpaired) electrons. The molecule has 0 bridgehead atoms. The minimum absolute atomic E-state index is 0.0553. The molecule has 33 heavy (non-hydrogen) atoms. The zero-order valence-electron chi connectivity index (χ0n) is 18.9. The first-order chi connectivity index (χ1) is 15.7. The average molecular weight is 453 g/mol. The maximum absolute atomic E-state index is 13.0. The number of likely N-dealkylation sites (N-methyl/N-ethyl adjacent to an activating group) is 1. The number of aliphatic hydroxyl groups is 1. The number of Topliss-reactive ketones (excluding diaryl/α,β-unsaturated/α-hetero) is 1. The Kier molecular flexibility index (Phi) is 7.44. The predicted octanol–water partition coefficient (Wildman–Crippen LogP) is 3.37. The van der Waals surface area contributed by atoms with Gasteiger partial charge in [0.05, 0.1) is 23.1 Å². The van der Waals surface area contributed by atoms with Gasteiger partial charge in [0.2, 0.25) is 0 Å². The number of hydrogen-bond acceptors (Lipinski definition) is 7. The van der Waals surface area contributed by atoms with Crippen LogP contribution in [0.3, 0.4) is 0 Å². The highest BCUT2D eigenvalue weighted by atomic mass is 16.6. The lowest BCUT2D eigenvalue weighted by Crippen LogP contribution is -2.35. The summed E-state index contributed by atoms with van der Waals surface area (Å²) in [7, 11) is 3.69. The molecule has 1 N–H and O–H groups in total. The molecule has 1 aliphatic rings. The quantitative estimate of drug-likeness (QED) is 0.204. The first-order valence-electron chi connectivity index (χ1n) is 10.6. The third kappa shape index (κ3) is 5.20. The lowest BCUT2D eigenvalue weighted by Gasteiger charge is -2.26. The van der Waals surface area contributed by atoms with Gasteiger partial charge in [-0.05, 0) is 50.3 Å². The van der Waals surface area contributed by atoms with Crippen molar-refractivity contribution >= 4 is 23.1 Å². The van der Waals surface area contributed by atoms with E-state index in [-0.39, 0.29) is 23.6 Å². The van der Waals surface area contributed by atoms with Crippen molar-refractivity contribution in [1.29, 1.82) is 0 Å². The third-order valence-corrected chi connectivity index (χ3v) is 5.33. The van der Waals surface area contributed by atoms with E-state index in [0.29, 0.717) is 30.0 Å². The van der Waals surface area contributed by atoms with Crippen LogP contribution in [0.4, 0.5) is 5.69 Å². The number of ether oxygens (including phenoxy) is 1. The first kappa shape index (κ1) is 23.9. The molecule has 1 unspecified atom stereocenters. The zero-order chi connectivity index (χ0) is 24.1. The van der Waals surface area contributed by atoms with Crippen LogP contribution in [0.15, 0.2) is 54.1 Å². The molecule has 1 fully saturated rings. The molecule has 1 aliphatic heterocycles. The van der Waals surface area contributed by atoms with Gasteiger partial charge in [-0.2, -0.15) is 0 Å². The molecule has 0 aliphatic carbocycles. The van der Waals surface area contributed by atoms with Gasteiger partial charge in [-0.15, -0.1) is 0 Å². The monoisotopic (exact) mass is 453 g/mol. The number of nitrogens with zero attached hydrogens (tertiary/aromatic N) is 3. The number of carbonyl (C=O) groups excluding carboxylic acids is 2. The van der Waals surface area contributed by atoms with Crippen LogP contribution in [-0.2, 0) is 9.59 Å². The molecule has 9 heteroatoms. The number of benzene rings is 2. The molecule has 9 nitrogen and oxygen atoms in total. The Labute approximate surface area is 192 Å². The number of ketones is 1. The van der Waals surface area contributed by atoms with Crippen molar-refractivity contribution in [3.8, 4) is 5.75 Å². The summed E-state index contributed by atoms with van der Waals surface area (Å²) in [6.07, 6.45) is 0.813. The fraction of sp³-hybridized carbons (Fsp3) is 0.333. The zero-order valence-corrected chi connectivity index (χ0v) is 18.9. The van der Waals surface area contributed by atoms with Crippen LogP contribution in [0.5, 0.6) is 5.75 Å². The molecule has 0 aromatic heterocycles. The number of likely N-dealkylation sites (tertiary alicyclic amines) is 1. The van der Waals surface area contributed by atoms with E-state index in [1.807, 2.05) is 25.9 Å². The Bertz CT molecular complexity index is 1080. The molecule has 1 amide bonds. The van der Waals surface area contributed by atoms with E-state index in [2.05, 4.69) is 0 Å². The molecule has 0 spiro atoms. The summed E-state index contributed by atoms with van der Waals surface area (Å²) in [5.74, 6) is -1.30. The van der Waals surface area contributed by atoms with E-state index in [4.69, 9.17) is 4.74 Å². The van der Waals surface area contributed by atoms with Crippen molar-refractivity contribution in [3.63, 3.8) is 0 Å². The number of non-ortho nitro benzene ring substituents is 1. The highest BCUT2D eigenvalue weighted by molar-refractivity contribution is 6.46. The molecule has 2 aromatic rings. The second-order valence-corrected chi connectivity index (χ2v) is 8.02. The van der Waals surface area contributed by atoms with Gasteiger partial charge in [0, 0.05) is 30.8 Å². The van der Waals surface area contributed by atoms with Crippen LogP contribution in [-0.4, -0.2) is 65.3 Å². The number of rotatable bonds is 9. The van der Waals surface area contributed by atoms with Gasteiger partial charge in [-0.1, -0.05) is 19.1 Å². The Morgan fingerprint density at radius 3 is 2.48 bits per heavy atom. The van der Waals surface area contributed by atoms with E-state index in [9.17, 15) is 24.8 Å². The normalized spacial score (nSPS) is 17.6. The van der Waals surface area contributed by atoms with Gasteiger partial charge >= 0.3 is 0 Å². The number of nitro groups is 1. The van der Waals surface area contributed by atoms with Gasteiger partial charge in [-0.25, -0.2) is 0 Å².